The summed E-state index contributed by atoms with van der Waals surface area (Å²) in [5.74, 6) is 0.968. The lowest BCUT2D eigenvalue weighted by Gasteiger charge is -2.07. The van der Waals surface area contributed by atoms with Crippen molar-refractivity contribution in [3.63, 3.8) is 0 Å². The third kappa shape index (κ3) is 1.19. The first kappa shape index (κ1) is 8.65. The van der Waals surface area contributed by atoms with Gasteiger partial charge in [0.25, 0.3) is 0 Å². The molecule has 1 aliphatic heterocycles. The lowest BCUT2D eigenvalue weighted by Crippen LogP contribution is -1.93. The molecule has 0 amide bonds. The average Bonchev–Trinajstić information content (AvgIpc) is 2.68. The quantitative estimate of drug-likeness (QED) is 0.653. The van der Waals surface area contributed by atoms with E-state index < -0.39 is 0 Å². The molecule has 3 heterocycles. The van der Waals surface area contributed by atoms with E-state index in [2.05, 4.69) is 23.0 Å². The van der Waals surface area contributed by atoms with Crippen LogP contribution in [0, 0.1) is 13.8 Å². The molecule has 0 saturated heterocycles. The fraction of sp³-hybridized carbons (Fsp3) is 0.333. The van der Waals surface area contributed by atoms with Crippen LogP contribution < -0.4 is 4.74 Å². The number of hydrogen-bond donors (Lipinski definition) is 0. The molecule has 76 valence electrons. The molecule has 0 saturated carbocycles. The molecule has 2 aromatic heterocycles. The zero-order valence-corrected chi connectivity index (χ0v) is 8.87. The molecule has 0 unspecified atom stereocenters. The Bertz CT molecular complexity index is 549. The predicted octanol–water partition coefficient (Wildman–Crippen LogP) is 2.18. The van der Waals surface area contributed by atoms with Crippen LogP contribution in [-0.4, -0.2) is 16.6 Å². The molecule has 0 spiro atoms. The van der Waals surface area contributed by atoms with Gasteiger partial charge < -0.3 is 4.74 Å². The third-order valence-corrected chi connectivity index (χ3v) is 2.84. The van der Waals surface area contributed by atoms with Gasteiger partial charge >= 0.3 is 0 Å². The molecule has 0 radical (unpaired) electrons. The van der Waals surface area contributed by atoms with Crippen molar-refractivity contribution >= 4 is 11.0 Å². The lowest BCUT2D eigenvalue weighted by molar-refractivity contribution is 0.355. The Hall–Kier alpha value is -1.64. The maximum atomic E-state index is 5.59. The van der Waals surface area contributed by atoms with Crippen molar-refractivity contribution in [3.05, 3.63) is 29.1 Å². The maximum absolute atomic E-state index is 5.59. The maximum Gasteiger partial charge on any atom is 0.159 e. The first-order valence-corrected chi connectivity index (χ1v) is 5.14. The summed E-state index contributed by atoms with van der Waals surface area (Å²) in [7, 11) is 0. The SMILES string of the molecule is Cc1cnc2nc3c(c(C)c2c1)OCC3. The number of aryl methyl sites for hydroxylation is 2. The molecule has 1 aliphatic rings. The van der Waals surface area contributed by atoms with Crippen molar-refractivity contribution in [1.29, 1.82) is 0 Å². The van der Waals surface area contributed by atoms with Gasteiger partial charge in [-0.2, -0.15) is 0 Å². The minimum Gasteiger partial charge on any atom is -0.491 e. The summed E-state index contributed by atoms with van der Waals surface area (Å²) < 4.78 is 5.59. The number of nitrogens with zero attached hydrogens (tertiary/aromatic N) is 2. The molecule has 3 rings (SSSR count). The van der Waals surface area contributed by atoms with Gasteiger partial charge in [0.05, 0.1) is 12.3 Å². The normalized spacial score (nSPS) is 14.0. The van der Waals surface area contributed by atoms with Crippen LogP contribution in [0.4, 0.5) is 0 Å². The highest BCUT2D eigenvalue weighted by molar-refractivity contribution is 5.82. The third-order valence-electron chi connectivity index (χ3n) is 2.84. The topological polar surface area (TPSA) is 35.0 Å². The fourth-order valence-corrected chi connectivity index (χ4v) is 2.06. The molecule has 2 aromatic rings. The van der Waals surface area contributed by atoms with Crippen molar-refractivity contribution in [2.45, 2.75) is 20.3 Å². The van der Waals surface area contributed by atoms with Crippen LogP contribution in [0.2, 0.25) is 0 Å². The van der Waals surface area contributed by atoms with E-state index in [1.54, 1.807) is 0 Å². The summed E-state index contributed by atoms with van der Waals surface area (Å²) in [6.07, 6.45) is 2.76. The monoisotopic (exact) mass is 200 g/mol. The second kappa shape index (κ2) is 2.92. The zero-order valence-electron chi connectivity index (χ0n) is 8.87. The summed E-state index contributed by atoms with van der Waals surface area (Å²) in [4.78, 5) is 8.87. The highest BCUT2D eigenvalue weighted by atomic mass is 16.5. The zero-order chi connectivity index (χ0) is 10.4. The van der Waals surface area contributed by atoms with Gasteiger partial charge in [0.1, 0.15) is 5.75 Å². The number of aromatic nitrogens is 2. The van der Waals surface area contributed by atoms with Crippen LogP contribution >= 0.6 is 0 Å². The van der Waals surface area contributed by atoms with E-state index >= 15 is 0 Å². The van der Waals surface area contributed by atoms with Gasteiger partial charge in [0.2, 0.25) is 0 Å². The minimum atomic E-state index is 0.748. The Morgan fingerprint density at radius 3 is 3.07 bits per heavy atom. The molecular formula is C12H12N2O. The average molecular weight is 200 g/mol. The lowest BCUT2D eigenvalue weighted by atomic mass is 10.1. The first-order chi connectivity index (χ1) is 7.25. The van der Waals surface area contributed by atoms with Crippen LogP contribution in [0.15, 0.2) is 12.3 Å². The second-order valence-electron chi connectivity index (χ2n) is 3.99. The van der Waals surface area contributed by atoms with Gasteiger partial charge in [-0.1, -0.05) is 0 Å². The van der Waals surface area contributed by atoms with Gasteiger partial charge in [-0.05, 0) is 25.5 Å². The Labute approximate surface area is 88.1 Å². The molecule has 0 N–H and O–H groups in total. The fourth-order valence-electron chi connectivity index (χ4n) is 2.06. The van der Waals surface area contributed by atoms with Crippen LogP contribution in [0.25, 0.3) is 11.0 Å². The number of rotatable bonds is 0. The van der Waals surface area contributed by atoms with E-state index in [-0.39, 0.29) is 0 Å². The van der Waals surface area contributed by atoms with E-state index in [0.717, 1.165) is 41.1 Å². The van der Waals surface area contributed by atoms with Crippen LogP contribution in [0.5, 0.6) is 5.75 Å². The Kier molecular flexibility index (Phi) is 1.69. The van der Waals surface area contributed by atoms with Gasteiger partial charge in [0.15, 0.2) is 5.65 Å². The molecule has 15 heavy (non-hydrogen) atoms. The van der Waals surface area contributed by atoms with Crippen LogP contribution in [0.3, 0.4) is 0 Å². The van der Waals surface area contributed by atoms with Crippen molar-refractivity contribution in [3.8, 4) is 5.75 Å². The van der Waals surface area contributed by atoms with Gasteiger partial charge in [0, 0.05) is 23.6 Å². The summed E-state index contributed by atoms with van der Waals surface area (Å²) in [6.45, 7) is 4.87. The molecule has 0 bridgehead atoms. The van der Waals surface area contributed by atoms with Crippen molar-refractivity contribution in [2.75, 3.05) is 6.61 Å². The van der Waals surface area contributed by atoms with Gasteiger partial charge in [-0.25, -0.2) is 9.97 Å². The number of ether oxygens (including phenoxy) is 1. The van der Waals surface area contributed by atoms with E-state index in [9.17, 15) is 0 Å². The molecular weight excluding hydrogens is 188 g/mol. The van der Waals surface area contributed by atoms with Crippen molar-refractivity contribution in [1.82, 2.24) is 9.97 Å². The second-order valence-corrected chi connectivity index (χ2v) is 3.99. The molecule has 0 atom stereocenters. The smallest absolute Gasteiger partial charge is 0.159 e. The highest BCUT2D eigenvalue weighted by Crippen LogP contribution is 2.32. The van der Waals surface area contributed by atoms with E-state index in [0.29, 0.717) is 0 Å². The molecule has 0 fully saturated rings. The van der Waals surface area contributed by atoms with E-state index in [4.69, 9.17) is 4.74 Å². The summed E-state index contributed by atoms with van der Waals surface area (Å²) in [5.41, 5.74) is 4.22. The molecule has 3 heteroatoms. The summed E-state index contributed by atoms with van der Waals surface area (Å²) in [6, 6.07) is 2.12. The number of hydrogen-bond acceptors (Lipinski definition) is 3. The van der Waals surface area contributed by atoms with Crippen molar-refractivity contribution in [2.24, 2.45) is 0 Å². The number of pyridine rings is 2. The minimum absolute atomic E-state index is 0.748. The van der Waals surface area contributed by atoms with Gasteiger partial charge in [-0.3, -0.25) is 0 Å². The Morgan fingerprint density at radius 1 is 1.33 bits per heavy atom. The molecule has 0 aliphatic carbocycles. The predicted molar refractivity (Wildman–Crippen MR) is 58.2 cm³/mol. The van der Waals surface area contributed by atoms with Gasteiger partial charge in [-0.15, -0.1) is 0 Å². The van der Waals surface area contributed by atoms with Crippen molar-refractivity contribution < 1.29 is 4.74 Å². The van der Waals surface area contributed by atoms with Crippen LogP contribution in [0.1, 0.15) is 16.8 Å². The highest BCUT2D eigenvalue weighted by Gasteiger charge is 2.18. The van der Waals surface area contributed by atoms with Crippen LogP contribution in [-0.2, 0) is 6.42 Å². The van der Waals surface area contributed by atoms with E-state index in [1.807, 2.05) is 13.1 Å². The Morgan fingerprint density at radius 2 is 2.20 bits per heavy atom. The molecule has 3 nitrogen and oxygen atoms in total. The Balaban J connectivity index is 2.41. The van der Waals surface area contributed by atoms with E-state index in [1.165, 1.54) is 5.56 Å². The molecule has 0 aromatic carbocycles. The summed E-state index contributed by atoms with van der Waals surface area (Å²) in [5, 5.41) is 1.11. The first-order valence-electron chi connectivity index (χ1n) is 5.14. The largest absolute Gasteiger partial charge is 0.491 e. The number of fused-ring (bicyclic) bond motifs is 2. The standard InChI is InChI=1S/C12H12N2O/c1-7-5-9-8(2)11-10(3-4-15-11)14-12(9)13-6-7/h5-6H,3-4H2,1-2H3. The summed E-state index contributed by atoms with van der Waals surface area (Å²) >= 11 is 0.